The van der Waals surface area contributed by atoms with E-state index in [1.807, 2.05) is 6.92 Å². The Morgan fingerprint density at radius 2 is 1.71 bits per heavy atom. The van der Waals surface area contributed by atoms with Crippen LogP contribution in [0.4, 0.5) is 5.82 Å². The van der Waals surface area contributed by atoms with Crippen molar-refractivity contribution in [1.29, 1.82) is 0 Å². The van der Waals surface area contributed by atoms with Crippen LogP contribution in [0.1, 0.15) is 45.0 Å². The highest BCUT2D eigenvalue weighted by Gasteiger charge is 2.26. The van der Waals surface area contributed by atoms with Crippen LogP contribution in [0, 0.1) is 6.92 Å². The summed E-state index contributed by atoms with van der Waals surface area (Å²) in [6.07, 6.45) is 2.33. The fraction of sp³-hybridized carbons (Fsp3) is 0.750. The van der Waals surface area contributed by atoms with Crippen molar-refractivity contribution in [2.75, 3.05) is 32.1 Å². The third-order valence-electron chi connectivity index (χ3n) is 4.23. The lowest BCUT2D eigenvalue weighted by atomic mass is 9.95. The van der Waals surface area contributed by atoms with E-state index in [1.165, 1.54) is 12.8 Å². The number of rotatable bonds is 2. The maximum absolute atomic E-state index is 6.34. The number of aromatic nitrogens is 2. The topological polar surface area (TPSA) is 32.3 Å². The van der Waals surface area contributed by atoms with Crippen LogP contribution >= 0.6 is 11.6 Å². The van der Waals surface area contributed by atoms with Gasteiger partial charge in [0.15, 0.2) is 0 Å². The van der Waals surface area contributed by atoms with E-state index < -0.39 is 0 Å². The van der Waals surface area contributed by atoms with E-state index in [9.17, 15) is 0 Å². The summed E-state index contributed by atoms with van der Waals surface area (Å²) in [4.78, 5) is 14.0. The summed E-state index contributed by atoms with van der Waals surface area (Å²) < 4.78 is 0. The summed E-state index contributed by atoms with van der Waals surface area (Å²) in [6, 6.07) is 0.668. The first-order chi connectivity index (χ1) is 9.70. The van der Waals surface area contributed by atoms with Crippen molar-refractivity contribution in [1.82, 2.24) is 14.9 Å². The van der Waals surface area contributed by atoms with Crippen LogP contribution in [0.15, 0.2) is 0 Å². The Morgan fingerprint density at radius 3 is 2.19 bits per heavy atom. The van der Waals surface area contributed by atoms with Gasteiger partial charge in [-0.15, -0.1) is 0 Å². The third-order valence-corrected chi connectivity index (χ3v) is 4.59. The summed E-state index contributed by atoms with van der Waals surface area (Å²) in [5.41, 5.74) is 0.904. The summed E-state index contributed by atoms with van der Waals surface area (Å²) in [5, 5.41) is 0.583. The van der Waals surface area contributed by atoms with Gasteiger partial charge in [-0.25, -0.2) is 9.97 Å². The SMILES string of the molecule is Cc1c(Cl)nc(C(C)(C)C)nc1N1CCC(N(C)C)CC1. The maximum atomic E-state index is 6.34. The molecular formula is C16H27ClN4. The molecule has 4 nitrogen and oxygen atoms in total. The Kier molecular flexibility index (Phi) is 4.79. The van der Waals surface area contributed by atoms with Gasteiger partial charge in [0, 0.05) is 30.1 Å². The highest BCUT2D eigenvalue weighted by Crippen LogP contribution is 2.30. The molecule has 1 saturated heterocycles. The predicted octanol–water partition coefficient (Wildman–Crippen LogP) is 3.27. The van der Waals surface area contributed by atoms with Gasteiger partial charge in [0.25, 0.3) is 0 Å². The quantitative estimate of drug-likeness (QED) is 0.785. The molecule has 0 N–H and O–H groups in total. The molecule has 21 heavy (non-hydrogen) atoms. The number of anilines is 1. The van der Waals surface area contributed by atoms with Gasteiger partial charge < -0.3 is 9.80 Å². The number of nitrogens with zero attached hydrogens (tertiary/aromatic N) is 4. The zero-order valence-electron chi connectivity index (χ0n) is 14.1. The molecule has 1 aromatic rings. The lowest BCUT2D eigenvalue weighted by Gasteiger charge is -2.36. The van der Waals surface area contributed by atoms with E-state index in [4.69, 9.17) is 16.6 Å². The minimum atomic E-state index is -0.0892. The molecule has 2 heterocycles. The van der Waals surface area contributed by atoms with Crippen molar-refractivity contribution in [3.8, 4) is 0 Å². The minimum Gasteiger partial charge on any atom is -0.356 e. The first kappa shape index (κ1) is 16.5. The Bertz CT molecular complexity index is 500. The van der Waals surface area contributed by atoms with Crippen LogP contribution in [0.2, 0.25) is 5.15 Å². The van der Waals surface area contributed by atoms with E-state index in [0.29, 0.717) is 11.2 Å². The van der Waals surface area contributed by atoms with Gasteiger partial charge in [-0.3, -0.25) is 0 Å². The second-order valence-corrected chi connectivity index (χ2v) is 7.58. The molecular weight excluding hydrogens is 284 g/mol. The van der Waals surface area contributed by atoms with Crippen molar-refractivity contribution < 1.29 is 0 Å². The molecule has 1 fully saturated rings. The van der Waals surface area contributed by atoms with Crippen molar-refractivity contribution in [2.24, 2.45) is 0 Å². The van der Waals surface area contributed by atoms with Gasteiger partial charge in [-0.1, -0.05) is 32.4 Å². The van der Waals surface area contributed by atoms with Gasteiger partial charge in [0.05, 0.1) is 0 Å². The molecule has 1 aromatic heterocycles. The highest BCUT2D eigenvalue weighted by atomic mass is 35.5. The fourth-order valence-corrected chi connectivity index (χ4v) is 2.88. The summed E-state index contributed by atoms with van der Waals surface area (Å²) in [6.45, 7) is 10.4. The first-order valence-corrected chi connectivity index (χ1v) is 8.04. The van der Waals surface area contributed by atoms with E-state index in [2.05, 4.69) is 49.7 Å². The first-order valence-electron chi connectivity index (χ1n) is 7.66. The molecule has 0 aliphatic carbocycles. The lowest BCUT2D eigenvalue weighted by molar-refractivity contribution is 0.249. The van der Waals surface area contributed by atoms with Gasteiger partial charge in [0.1, 0.15) is 16.8 Å². The van der Waals surface area contributed by atoms with Gasteiger partial charge >= 0.3 is 0 Å². The minimum absolute atomic E-state index is 0.0892. The van der Waals surface area contributed by atoms with Crippen molar-refractivity contribution in [2.45, 2.75) is 52.0 Å². The number of hydrogen-bond acceptors (Lipinski definition) is 4. The Labute approximate surface area is 133 Å². The molecule has 0 saturated carbocycles. The molecule has 0 amide bonds. The molecule has 1 aliphatic rings. The molecule has 2 rings (SSSR count). The van der Waals surface area contributed by atoms with Gasteiger partial charge in [0.2, 0.25) is 0 Å². The summed E-state index contributed by atoms with van der Waals surface area (Å²) in [7, 11) is 4.32. The Morgan fingerprint density at radius 1 is 1.14 bits per heavy atom. The van der Waals surface area contributed by atoms with E-state index in [1.54, 1.807) is 0 Å². The largest absolute Gasteiger partial charge is 0.356 e. The van der Waals surface area contributed by atoms with Crippen molar-refractivity contribution in [3.63, 3.8) is 0 Å². The van der Waals surface area contributed by atoms with Crippen LogP contribution in [0.5, 0.6) is 0 Å². The molecule has 0 bridgehead atoms. The summed E-state index contributed by atoms with van der Waals surface area (Å²) in [5.74, 6) is 1.83. The van der Waals surface area contributed by atoms with E-state index in [0.717, 1.165) is 30.3 Å². The Hall–Kier alpha value is -0.870. The number of hydrogen-bond donors (Lipinski definition) is 0. The monoisotopic (exact) mass is 310 g/mol. The van der Waals surface area contributed by atoms with Crippen molar-refractivity contribution >= 4 is 17.4 Å². The maximum Gasteiger partial charge on any atom is 0.137 e. The molecule has 0 atom stereocenters. The van der Waals surface area contributed by atoms with Crippen LogP contribution < -0.4 is 4.90 Å². The molecule has 1 aliphatic heterocycles. The van der Waals surface area contributed by atoms with E-state index >= 15 is 0 Å². The average molecular weight is 311 g/mol. The smallest absolute Gasteiger partial charge is 0.137 e. The molecule has 5 heteroatoms. The van der Waals surface area contributed by atoms with Crippen molar-refractivity contribution in [3.05, 3.63) is 16.5 Å². The standard InChI is InChI=1S/C16H27ClN4/c1-11-13(17)18-15(16(2,3)4)19-14(11)21-9-7-12(8-10-21)20(5)6/h12H,7-10H2,1-6H3. The van der Waals surface area contributed by atoms with E-state index in [-0.39, 0.29) is 5.41 Å². The average Bonchev–Trinajstić information content (AvgIpc) is 2.40. The lowest BCUT2D eigenvalue weighted by Crippen LogP contribution is -2.42. The second-order valence-electron chi connectivity index (χ2n) is 7.22. The fourth-order valence-electron chi connectivity index (χ4n) is 2.72. The molecule has 118 valence electrons. The van der Waals surface area contributed by atoms with Crippen LogP contribution in [0.25, 0.3) is 0 Å². The molecule has 0 aromatic carbocycles. The number of halogens is 1. The molecule has 0 spiro atoms. The van der Waals surface area contributed by atoms with Crippen LogP contribution in [-0.2, 0) is 5.41 Å². The zero-order chi connectivity index (χ0) is 15.8. The predicted molar refractivity (Wildman–Crippen MR) is 89.4 cm³/mol. The van der Waals surface area contributed by atoms with Crippen LogP contribution in [0.3, 0.4) is 0 Å². The molecule has 0 unspecified atom stereocenters. The zero-order valence-corrected chi connectivity index (χ0v) is 14.8. The highest BCUT2D eigenvalue weighted by molar-refractivity contribution is 6.30. The summed E-state index contributed by atoms with van der Waals surface area (Å²) >= 11 is 6.34. The van der Waals surface area contributed by atoms with Gasteiger partial charge in [-0.2, -0.15) is 0 Å². The van der Waals surface area contributed by atoms with Crippen LogP contribution in [-0.4, -0.2) is 48.1 Å². The second kappa shape index (κ2) is 6.09. The van der Waals surface area contributed by atoms with Gasteiger partial charge in [-0.05, 0) is 33.9 Å². The molecule has 0 radical (unpaired) electrons. The Balaban J connectivity index is 2.26. The third kappa shape index (κ3) is 3.67. The normalized spacial score (nSPS) is 17.6. The number of piperidine rings is 1.